The van der Waals surface area contributed by atoms with E-state index >= 15 is 0 Å². The zero-order valence-electron chi connectivity index (χ0n) is 15.3. The van der Waals surface area contributed by atoms with E-state index in [0.717, 1.165) is 11.6 Å². The monoisotopic (exact) mass is 395 g/mol. The summed E-state index contributed by atoms with van der Waals surface area (Å²) in [7, 11) is 0. The molecule has 3 aromatic rings. The summed E-state index contributed by atoms with van der Waals surface area (Å²) in [5.74, 6) is 1.16. The van der Waals surface area contributed by atoms with E-state index in [2.05, 4.69) is 10.1 Å². The number of benzene rings is 2. The Balaban J connectivity index is 1.48. The summed E-state index contributed by atoms with van der Waals surface area (Å²) in [6, 6.07) is 13.3. The predicted molar refractivity (Wildman–Crippen MR) is 104 cm³/mol. The number of aromatic nitrogens is 2. The lowest BCUT2D eigenvalue weighted by Crippen LogP contribution is -2.33. The highest BCUT2D eigenvalue weighted by atomic mass is 16.6. The van der Waals surface area contributed by atoms with Crippen LogP contribution in [0.5, 0.6) is 0 Å². The zero-order valence-corrected chi connectivity index (χ0v) is 15.3. The molecule has 1 aliphatic heterocycles. The number of hydrogen-bond acceptors (Lipinski definition) is 8. The molecule has 1 saturated heterocycles. The fourth-order valence-corrected chi connectivity index (χ4v) is 3.51. The van der Waals surface area contributed by atoms with Gasteiger partial charge in [-0.3, -0.25) is 20.2 Å². The number of piperidine rings is 1. The van der Waals surface area contributed by atoms with Crippen LogP contribution in [0.25, 0.3) is 11.4 Å². The lowest BCUT2D eigenvalue weighted by atomic mass is 9.96. The second-order valence-electron chi connectivity index (χ2n) is 6.77. The van der Waals surface area contributed by atoms with E-state index in [9.17, 15) is 20.2 Å². The summed E-state index contributed by atoms with van der Waals surface area (Å²) in [4.78, 5) is 27.4. The number of anilines is 1. The van der Waals surface area contributed by atoms with Crippen molar-refractivity contribution in [1.82, 2.24) is 10.1 Å². The van der Waals surface area contributed by atoms with Gasteiger partial charge in [0.15, 0.2) is 0 Å². The normalized spacial score (nSPS) is 14.7. The zero-order chi connectivity index (χ0) is 20.4. The third-order valence-corrected chi connectivity index (χ3v) is 5.03. The van der Waals surface area contributed by atoms with Crippen molar-refractivity contribution in [2.45, 2.75) is 18.8 Å². The minimum absolute atomic E-state index is 0.0633. The summed E-state index contributed by atoms with van der Waals surface area (Å²) in [5.41, 5.74) is 0.701. The van der Waals surface area contributed by atoms with E-state index < -0.39 is 9.85 Å². The van der Waals surface area contributed by atoms with Gasteiger partial charge in [0.1, 0.15) is 5.69 Å². The average molecular weight is 395 g/mol. The molecular weight excluding hydrogens is 378 g/mol. The third-order valence-electron chi connectivity index (χ3n) is 5.03. The number of nitrogens with zero attached hydrogens (tertiary/aromatic N) is 5. The van der Waals surface area contributed by atoms with Crippen LogP contribution < -0.4 is 4.90 Å². The van der Waals surface area contributed by atoms with Crippen LogP contribution in [0, 0.1) is 20.2 Å². The first kappa shape index (κ1) is 18.5. The summed E-state index contributed by atoms with van der Waals surface area (Å²) >= 11 is 0. The molecule has 148 valence electrons. The van der Waals surface area contributed by atoms with Crippen molar-refractivity contribution in [3.05, 3.63) is 74.7 Å². The quantitative estimate of drug-likeness (QED) is 0.469. The molecule has 1 aliphatic rings. The number of rotatable bonds is 5. The van der Waals surface area contributed by atoms with Gasteiger partial charge < -0.3 is 9.42 Å². The Hall–Kier alpha value is -3.82. The molecule has 0 unspecified atom stereocenters. The number of hydrogen-bond donors (Lipinski definition) is 0. The first-order valence-electron chi connectivity index (χ1n) is 9.09. The standard InChI is InChI=1S/C19H17N5O5/c25-23(26)15-6-7-16(17(12-15)24(27)28)22-10-8-14(9-11-22)19-20-18(21-29-19)13-4-2-1-3-5-13/h1-7,12,14H,8-11H2. The topological polar surface area (TPSA) is 128 Å². The summed E-state index contributed by atoms with van der Waals surface area (Å²) in [5, 5.41) is 26.3. The van der Waals surface area contributed by atoms with E-state index in [-0.39, 0.29) is 17.3 Å². The molecule has 2 heterocycles. The first-order valence-corrected chi connectivity index (χ1v) is 9.09. The molecule has 0 spiro atoms. The lowest BCUT2D eigenvalue weighted by molar-refractivity contribution is -0.393. The van der Waals surface area contributed by atoms with Gasteiger partial charge in [-0.1, -0.05) is 35.5 Å². The average Bonchev–Trinajstić information content (AvgIpc) is 3.24. The molecule has 1 fully saturated rings. The molecule has 0 saturated carbocycles. The van der Waals surface area contributed by atoms with Crippen LogP contribution in [0.3, 0.4) is 0 Å². The van der Waals surface area contributed by atoms with E-state index in [4.69, 9.17) is 4.52 Å². The van der Waals surface area contributed by atoms with Crippen molar-refractivity contribution >= 4 is 17.1 Å². The van der Waals surface area contributed by atoms with Crippen molar-refractivity contribution in [2.75, 3.05) is 18.0 Å². The molecule has 0 bridgehead atoms. The number of non-ortho nitro benzene ring substituents is 1. The Morgan fingerprint density at radius 2 is 1.72 bits per heavy atom. The second kappa shape index (κ2) is 7.66. The van der Waals surface area contributed by atoms with Crippen LogP contribution in [-0.2, 0) is 0 Å². The molecule has 29 heavy (non-hydrogen) atoms. The Kier molecular flexibility index (Phi) is 4.90. The Labute approximate surface area is 165 Å². The van der Waals surface area contributed by atoms with Crippen molar-refractivity contribution in [3.63, 3.8) is 0 Å². The minimum Gasteiger partial charge on any atom is -0.366 e. The maximum atomic E-state index is 11.4. The second-order valence-corrected chi connectivity index (χ2v) is 6.77. The Morgan fingerprint density at radius 1 is 1.00 bits per heavy atom. The SMILES string of the molecule is O=[N+]([O-])c1ccc(N2CCC(c3nc(-c4ccccc4)no3)CC2)c([N+](=O)[O-])c1. The van der Waals surface area contributed by atoms with Gasteiger partial charge in [-0.2, -0.15) is 4.98 Å². The third kappa shape index (κ3) is 3.77. The first-order chi connectivity index (χ1) is 14.0. The summed E-state index contributed by atoms with van der Waals surface area (Å²) in [6.45, 7) is 1.10. The van der Waals surface area contributed by atoms with Crippen LogP contribution in [-0.4, -0.2) is 33.1 Å². The number of nitro benzene ring substituents is 2. The van der Waals surface area contributed by atoms with Crippen LogP contribution in [0.4, 0.5) is 17.1 Å². The fraction of sp³-hybridized carbons (Fsp3) is 0.263. The van der Waals surface area contributed by atoms with Gasteiger partial charge >= 0.3 is 0 Å². The smallest absolute Gasteiger partial charge is 0.299 e. The van der Waals surface area contributed by atoms with E-state index in [0.29, 0.717) is 43.3 Å². The largest absolute Gasteiger partial charge is 0.366 e. The van der Waals surface area contributed by atoms with E-state index in [1.54, 1.807) is 0 Å². The molecule has 0 amide bonds. The highest BCUT2D eigenvalue weighted by Crippen LogP contribution is 2.36. The van der Waals surface area contributed by atoms with Crippen LogP contribution >= 0.6 is 0 Å². The summed E-state index contributed by atoms with van der Waals surface area (Å²) < 4.78 is 5.44. The highest BCUT2D eigenvalue weighted by Gasteiger charge is 2.29. The molecule has 0 aliphatic carbocycles. The minimum atomic E-state index is -0.636. The van der Waals surface area contributed by atoms with Gasteiger partial charge in [0.25, 0.3) is 11.4 Å². The molecule has 2 aromatic carbocycles. The molecule has 10 heteroatoms. The van der Waals surface area contributed by atoms with Gasteiger partial charge in [-0.05, 0) is 18.9 Å². The van der Waals surface area contributed by atoms with Crippen molar-refractivity contribution in [2.24, 2.45) is 0 Å². The molecule has 10 nitrogen and oxygen atoms in total. The lowest BCUT2D eigenvalue weighted by Gasteiger charge is -2.31. The van der Waals surface area contributed by atoms with Gasteiger partial charge in [0, 0.05) is 30.6 Å². The van der Waals surface area contributed by atoms with E-state index in [1.807, 2.05) is 35.2 Å². The van der Waals surface area contributed by atoms with Gasteiger partial charge in [-0.25, -0.2) is 0 Å². The molecule has 4 rings (SSSR count). The van der Waals surface area contributed by atoms with Crippen molar-refractivity contribution < 1.29 is 14.4 Å². The van der Waals surface area contributed by atoms with Crippen molar-refractivity contribution in [1.29, 1.82) is 0 Å². The highest BCUT2D eigenvalue weighted by molar-refractivity contribution is 5.67. The van der Waals surface area contributed by atoms with Gasteiger partial charge in [-0.15, -0.1) is 0 Å². The van der Waals surface area contributed by atoms with Gasteiger partial charge in [0.05, 0.1) is 15.9 Å². The fourth-order valence-electron chi connectivity index (χ4n) is 3.51. The molecule has 0 N–H and O–H groups in total. The maximum absolute atomic E-state index is 11.4. The van der Waals surface area contributed by atoms with E-state index in [1.165, 1.54) is 12.1 Å². The number of nitro groups is 2. The molecule has 0 radical (unpaired) electrons. The molecule has 1 aromatic heterocycles. The van der Waals surface area contributed by atoms with Crippen LogP contribution in [0.15, 0.2) is 53.1 Å². The Morgan fingerprint density at radius 3 is 2.38 bits per heavy atom. The molecule has 0 atom stereocenters. The van der Waals surface area contributed by atoms with Gasteiger partial charge in [0.2, 0.25) is 11.7 Å². The predicted octanol–water partition coefficient (Wildman–Crippen LogP) is 3.94. The summed E-state index contributed by atoms with van der Waals surface area (Å²) in [6.07, 6.45) is 1.37. The van der Waals surface area contributed by atoms with Crippen LogP contribution in [0.1, 0.15) is 24.7 Å². The van der Waals surface area contributed by atoms with Crippen LogP contribution in [0.2, 0.25) is 0 Å². The maximum Gasteiger partial charge on any atom is 0.299 e. The van der Waals surface area contributed by atoms with Crippen molar-refractivity contribution in [3.8, 4) is 11.4 Å². The Bertz CT molecular complexity index is 1040. The molecular formula is C19H17N5O5.